The van der Waals surface area contributed by atoms with Crippen molar-refractivity contribution in [1.29, 1.82) is 0 Å². The second-order valence-electron chi connectivity index (χ2n) is 3.10. The predicted octanol–water partition coefficient (Wildman–Crippen LogP) is 3.24. The minimum atomic E-state index is -0.910. The maximum atomic E-state index is 10.4. The lowest BCUT2D eigenvalue weighted by Gasteiger charge is -2.13. The molecule has 0 heterocycles. The molecule has 0 aliphatic heterocycles. The molecule has 0 amide bonds. The van der Waals surface area contributed by atoms with Gasteiger partial charge in [-0.2, -0.15) is 0 Å². The molecule has 1 atom stereocenters. The summed E-state index contributed by atoms with van der Waals surface area (Å²) in [5.74, 6) is -0.470. The van der Waals surface area contributed by atoms with E-state index in [1.54, 1.807) is 25.1 Å². The zero-order valence-electron chi connectivity index (χ0n) is 8.04. The van der Waals surface area contributed by atoms with E-state index in [1.807, 2.05) is 0 Å². The molecule has 0 aliphatic carbocycles. The molecule has 0 aromatic heterocycles. The van der Waals surface area contributed by atoms with Crippen molar-refractivity contribution in [3.05, 3.63) is 28.2 Å². The summed E-state index contributed by atoms with van der Waals surface area (Å²) in [5, 5.41) is 9.43. The number of ether oxygens (including phenoxy) is 1. The van der Waals surface area contributed by atoms with E-state index in [-0.39, 0.29) is 6.42 Å². The van der Waals surface area contributed by atoms with Crippen molar-refractivity contribution in [2.24, 2.45) is 0 Å². The molecule has 1 rings (SSSR count). The van der Waals surface area contributed by atoms with Crippen molar-refractivity contribution in [3.63, 3.8) is 0 Å². The van der Waals surface area contributed by atoms with Crippen molar-refractivity contribution in [2.45, 2.75) is 19.4 Å². The first-order valence-electron chi connectivity index (χ1n) is 4.32. The Labute approximate surface area is 97.6 Å². The summed E-state index contributed by atoms with van der Waals surface area (Å²) in [5.41, 5.74) is 0. The number of halogens is 2. The maximum Gasteiger partial charge on any atom is 0.307 e. The Hall–Kier alpha value is -0.930. The van der Waals surface area contributed by atoms with Gasteiger partial charge in [-0.05, 0) is 25.1 Å². The highest BCUT2D eigenvalue weighted by Crippen LogP contribution is 2.28. The first-order valence-corrected chi connectivity index (χ1v) is 5.08. The number of hydrogen-bond donors (Lipinski definition) is 1. The van der Waals surface area contributed by atoms with Crippen LogP contribution >= 0.6 is 23.2 Å². The van der Waals surface area contributed by atoms with Gasteiger partial charge >= 0.3 is 5.97 Å². The fourth-order valence-corrected chi connectivity index (χ4v) is 1.53. The van der Waals surface area contributed by atoms with Crippen LogP contribution in [-0.2, 0) is 4.79 Å². The Morgan fingerprint density at radius 1 is 1.53 bits per heavy atom. The van der Waals surface area contributed by atoms with E-state index in [0.29, 0.717) is 15.8 Å². The standard InChI is InChI=1S/C10H10Cl2O3/c1-6(4-10(13)14)15-9-3-2-7(11)5-8(9)12/h2-3,5-6H,4H2,1H3,(H,13,14). The van der Waals surface area contributed by atoms with Gasteiger partial charge in [0.25, 0.3) is 0 Å². The number of benzene rings is 1. The molecule has 1 N–H and O–H groups in total. The Morgan fingerprint density at radius 2 is 2.20 bits per heavy atom. The quantitative estimate of drug-likeness (QED) is 0.890. The summed E-state index contributed by atoms with van der Waals surface area (Å²) in [7, 11) is 0. The summed E-state index contributed by atoms with van der Waals surface area (Å²) < 4.78 is 5.34. The Morgan fingerprint density at radius 3 is 2.73 bits per heavy atom. The number of aliphatic carboxylic acids is 1. The van der Waals surface area contributed by atoms with Gasteiger partial charge in [-0.15, -0.1) is 0 Å². The van der Waals surface area contributed by atoms with Crippen LogP contribution in [0.1, 0.15) is 13.3 Å². The molecular weight excluding hydrogens is 239 g/mol. The summed E-state index contributed by atoms with van der Waals surface area (Å²) >= 11 is 11.6. The molecule has 0 aliphatic rings. The van der Waals surface area contributed by atoms with Crippen molar-refractivity contribution in [1.82, 2.24) is 0 Å². The largest absolute Gasteiger partial charge is 0.489 e. The number of rotatable bonds is 4. The molecule has 1 unspecified atom stereocenters. The van der Waals surface area contributed by atoms with E-state index in [9.17, 15) is 4.79 Å². The first-order chi connectivity index (χ1) is 6.99. The second kappa shape index (κ2) is 5.24. The molecule has 0 saturated carbocycles. The van der Waals surface area contributed by atoms with E-state index < -0.39 is 12.1 Å². The molecule has 0 saturated heterocycles. The van der Waals surface area contributed by atoms with Crippen molar-refractivity contribution >= 4 is 29.2 Å². The van der Waals surface area contributed by atoms with Gasteiger partial charge in [-0.3, -0.25) is 4.79 Å². The zero-order chi connectivity index (χ0) is 11.4. The van der Waals surface area contributed by atoms with Crippen molar-refractivity contribution in [3.8, 4) is 5.75 Å². The van der Waals surface area contributed by atoms with E-state index in [4.69, 9.17) is 33.0 Å². The van der Waals surface area contributed by atoms with Crippen LogP contribution < -0.4 is 4.74 Å². The van der Waals surface area contributed by atoms with E-state index in [1.165, 1.54) is 0 Å². The summed E-state index contributed by atoms with van der Waals surface area (Å²) in [6.45, 7) is 1.67. The Bertz CT molecular complexity index is 366. The molecule has 0 spiro atoms. The molecule has 82 valence electrons. The van der Waals surface area contributed by atoms with Gasteiger partial charge in [0, 0.05) is 5.02 Å². The molecule has 1 aromatic rings. The van der Waals surface area contributed by atoms with Gasteiger partial charge in [0.15, 0.2) is 0 Å². The zero-order valence-corrected chi connectivity index (χ0v) is 9.55. The molecule has 3 nitrogen and oxygen atoms in total. The lowest BCUT2D eigenvalue weighted by molar-refractivity contribution is -0.138. The highest BCUT2D eigenvalue weighted by atomic mass is 35.5. The summed E-state index contributed by atoms with van der Waals surface area (Å²) in [6, 6.07) is 4.80. The van der Waals surface area contributed by atoms with Gasteiger partial charge in [-0.1, -0.05) is 23.2 Å². The number of hydrogen-bond acceptors (Lipinski definition) is 2. The Balaban J connectivity index is 2.68. The van der Waals surface area contributed by atoms with Crippen LogP contribution in [0.5, 0.6) is 5.75 Å². The SMILES string of the molecule is CC(CC(=O)O)Oc1ccc(Cl)cc1Cl. The molecule has 1 aromatic carbocycles. The van der Waals surface area contributed by atoms with Gasteiger partial charge in [0.2, 0.25) is 0 Å². The van der Waals surface area contributed by atoms with Gasteiger partial charge in [-0.25, -0.2) is 0 Å². The fourth-order valence-electron chi connectivity index (χ4n) is 1.08. The lowest BCUT2D eigenvalue weighted by Crippen LogP contribution is -2.16. The fraction of sp³-hybridized carbons (Fsp3) is 0.300. The molecule has 0 bridgehead atoms. The van der Waals surface area contributed by atoms with Gasteiger partial charge in [0.1, 0.15) is 11.9 Å². The molecule has 15 heavy (non-hydrogen) atoms. The average Bonchev–Trinajstić information content (AvgIpc) is 2.08. The van der Waals surface area contributed by atoms with E-state index >= 15 is 0 Å². The minimum Gasteiger partial charge on any atom is -0.489 e. The van der Waals surface area contributed by atoms with Crippen LogP contribution in [0.2, 0.25) is 10.0 Å². The van der Waals surface area contributed by atoms with Gasteiger partial charge in [0.05, 0.1) is 11.4 Å². The average molecular weight is 249 g/mol. The topological polar surface area (TPSA) is 46.5 Å². The number of carboxylic acids is 1. The van der Waals surface area contributed by atoms with Crippen molar-refractivity contribution in [2.75, 3.05) is 0 Å². The molecule has 0 radical (unpaired) electrons. The van der Waals surface area contributed by atoms with E-state index in [2.05, 4.69) is 0 Å². The predicted molar refractivity (Wildman–Crippen MR) is 58.8 cm³/mol. The molecular formula is C10H10Cl2O3. The Kier molecular flexibility index (Phi) is 4.24. The highest BCUT2D eigenvalue weighted by molar-refractivity contribution is 6.35. The monoisotopic (exact) mass is 248 g/mol. The van der Waals surface area contributed by atoms with Crippen LogP contribution in [0.15, 0.2) is 18.2 Å². The van der Waals surface area contributed by atoms with Crippen molar-refractivity contribution < 1.29 is 14.6 Å². The molecule has 5 heteroatoms. The summed E-state index contributed by atoms with van der Waals surface area (Å²) in [6.07, 6.45) is -0.500. The number of carboxylic acid groups (broad SMARTS) is 1. The maximum absolute atomic E-state index is 10.4. The van der Waals surface area contributed by atoms with Crippen LogP contribution in [0.25, 0.3) is 0 Å². The normalized spacial score (nSPS) is 12.2. The van der Waals surface area contributed by atoms with Crippen LogP contribution in [0, 0.1) is 0 Å². The van der Waals surface area contributed by atoms with Crippen LogP contribution in [-0.4, -0.2) is 17.2 Å². The van der Waals surface area contributed by atoms with Crippen LogP contribution in [0.4, 0.5) is 0 Å². The second-order valence-corrected chi connectivity index (χ2v) is 3.94. The highest BCUT2D eigenvalue weighted by Gasteiger charge is 2.11. The van der Waals surface area contributed by atoms with E-state index in [0.717, 1.165) is 0 Å². The first kappa shape index (κ1) is 12.1. The smallest absolute Gasteiger partial charge is 0.307 e. The lowest BCUT2D eigenvalue weighted by atomic mass is 10.3. The third-order valence-corrected chi connectivity index (χ3v) is 2.21. The minimum absolute atomic E-state index is 0.0705. The third kappa shape index (κ3) is 3.98. The summed E-state index contributed by atoms with van der Waals surface area (Å²) in [4.78, 5) is 10.4. The van der Waals surface area contributed by atoms with Gasteiger partial charge < -0.3 is 9.84 Å². The van der Waals surface area contributed by atoms with Crippen LogP contribution in [0.3, 0.4) is 0 Å². The third-order valence-electron chi connectivity index (χ3n) is 1.68. The number of carbonyl (C=O) groups is 1. The molecule has 0 fully saturated rings.